The molecule has 0 bridgehead atoms. The van der Waals surface area contributed by atoms with Gasteiger partial charge in [0.2, 0.25) is 5.91 Å². The van der Waals surface area contributed by atoms with Crippen molar-refractivity contribution in [2.24, 2.45) is 11.8 Å². The second-order valence-corrected chi connectivity index (χ2v) is 7.74. The molecule has 1 saturated heterocycles. The van der Waals surface area contributed by atoms with Gasteiger partial charge in [-0.2, -0.15) is 11.3 Å². The molecule has 0 radical (unpaired) electrons. The summed E-state index contributed by atoms with van der Waals surface area (Å²) in [6.45, 7) is 3.62. The monoisotopic (exact) mass is 334 g/mol. The molecule has 5 heteroatoms. The lowest BCUT2D eigenvalue weighted by atomic mass is 9.85. The van der Waals surface area contributed by atoms with E-state index in [1.807, 2.05) is 21.7 Å². The van der Waals surface area contributed by atoms with E-state index >= 15 is 0 Å². The summed E-state index contributed by atoms with van der Waals surface area (Å²) in [6, 6.07) is 2.22. The fraction of sp³-hybridized carbons (Fsp3) is 0.667. The SMILES string of the molecule is C[C@@H]1CCCC[C@@H]1NC(=O)C1CCN(C(=O)c2ccsc2)CC1. The summed E-state index contributed by atoms with van der Waals surface area (Å²) in [5.74, 6) is 0.959. The van der Waals surface area contributed by atoms with Crippen molar-refractivity contribution in [3.63, 3.8) is 0 Å². The summed E-state index contributed by atoms with van der Waals surface area (Å²) in [6.07, 6.45) is 6.41. The molecule has 126 valence electrons. The third-order valence-electron chi connectivity index (χ3n) is 5.36. The smallest absolute Gasteiger partial charge is 0.254 e. The van der Waals surface area contributed by atoms with Crippen molar-refractivity contribution in [3.8, 4) is 0 Å². The third-order valence-corrected chi connectivity index (χ3v) is 6.04. The van der Waals surface area contributed by atoms with Crippen LogP contribution in [-0.4, -0.2) is 35.8 Å². The molecular weight excluding hydrogens is 308 g/mol. The lowest BCUT2D eigenvalue weighted by Crippen LogP contribution is -2.47. The fourth-order valence-electron chi connectivity index (χ4n) is 3.74. The molecule has 1 aliphatic carbocycles. The summed E-state index contributed by atoms with van der Waals surface area (Å²) in [5, 5.41) is 7.09. The minimum Gasteiger partial charge on any atom is -0.353 e. The molecule has 2 amide bonds. The maximum atomic E-state index is 12.5. The van der Waals surface area contributed by atoms with Crippen molar-refractivity contribution in [2.45, 2.75) is 51.5 Å². The topological polar surface area (TPSA) is 49.4 Å². The Bertz CT molecular complexity index is 535. The van der Waals surface area contributed by atoms with Crippen molar-refractivity contribution >= 4 is 23.2 Å². The first-order valence-electron chi connectivity index (χ1n) is 8.77. The summed E-state index contributed by atoms with van der Waals surface area (Å²) in [4.78, 5) is 26.7. The van der Waals surface area contributed by atoms with Crippen LogP contribution in [0.15, 0.2) is 16.8 Å². The van der Waals surface area contributed by atoms with E-state index in [9.17, 15) is 9.59 Å². The van der Waals surface area contributed by atoms with Gasteiger partial charge >= 0.3 is 0 Å². The molecule has 0 aromatic carbocycles. The fourth-order valence-corrected chi connectivity index (χ4v) is 4.37. The Labute approximate surface area is 142 Å². The van der Waals surface area contributed by atoms with Crippen LogP contribution in [0.4, 0.5) is 0 Å². The van der Waals surface area contributed by atoms with Gasteiger partial charge in [-0.3, -0.25) is 9.59 Å². The van der Waals surface area contributed by atoms with Crippen LogP contribution in [0.25, 0.3) is 0 Å². The van der Waals surface area contributed by atoms with Crippen molar-refractivity contribution in [1.82, 2.24) is 10.2 Å². The highest BCUT2D eigenvalue weighted by atomic mass is 32.1. The number of likely N-dealkylation sites (tertiary alicyclic amines) is 1. The summed E-state index contributed by atoms with van der Waals surface area (Å²) in [7, 11) is 0. The van der Waals surface area contributed by atoms with E-state index in [1.54, 1.807) is 11.3 Å². The van der Waals surface area contributed by atoms with E-state index in [2.05, 4.69) is 12.2 Å². The molecule has 1 aromatic rings. The van der Waals surface area contributed by atoms with Gasteiger partial charge in [-0.25, -0.2) is 0 Å². The Hall–Kier alpha value is -1.36. The highest BCUT2D eigenvalue weighted by molar-refractivity contribution is 7.08. The van der Waals surface area contributed by atoms with Crippen LogP contribution in [-0.2, 0) is 4.79 Å². The molecule has 3 rings (SSSR count). The lowest BCUT2D eigenvalue weighted by molar-refractivity contribution is -0.127. The highest BCUT2D eigenvalue weighted by Crippen LogP contribution is 2.25. The van der Waals surface area contributed by atoms with Crippen LogP contribution < -0.4 is 5.32 Å². The van der Waals surface area contributed by atoms with Crippen LogP contribution in [0.1, 0.15) is 55.8 Å². The van der Waals surface area contributed by atoms with E-state index in [0.717, 1.165) is 24.8 Å². The van der Waals surface area contributed by atoms with Gasteiger partial charge in [-0.1, -0.05) is 19.8 Å². The van der Waals surface area contributed by atoms with Crippen LogP contribution in [0.5, 0.6) is 0 Å². The average Bonchev–Trinajstić information content (AvgIpc) is 3.11. The number of hydrogen-bond donors (Lipinski definition) is 1. The number of hydrogen-bond acceptors (Lipinski definition) is 3. The van der Waals surface area contributed by atoms with Crippen LogP contribution in [0.2, 0.25) is 0 Å². The minimum atomic E-state index is 0.0654. The second kappa shape index (κ2) is 7.47. The molecule has 2 atom stereocenters. The summed E-state index contributed by atoms with van der Waals surface area (Å²) < 4.78 is 0. The van der Waals surface area contributed by atoms with Gasteiger partial charge in [0.05, 0.1) is 5.56 Å². The van der Waals surface area contributed by atoms with Crippen LogP contribution in [0, 0.1) is 11.8 Å². The number of carbonyl (C=O) groups is 2. The third kappa shape index (κ3) is 3.94. The number of carbonyl (C=O) groups excluding carboxylic acids is 2. The Balaban J connectivity index is 1.48. The molecule has 23 heavy (non-hydrogen) atoms. The number of rotatable bonds is 3. The normalized spacial score (nSPS) is 26.0. The van der Waals surface area contributed by atoms with Gasteiger partial charge in [0.15, 0.2) is 0 Å². The Morgan fingerprint density at radius 1 is 1.17 bits per heavy atom. The van der Waals surface area contributed by atoms with Crippen molar-refractivity contribution < 1.29 is 9.59 Å². The quantitative estimate of drug-likeness (QED) is 0.922. The molecule has 1 saturated carbocycles. The first-order chi connectivity index (χ1) is 11.1. The maximum Gasteiger partial charge on any atom is 0.254 e. The van der Waals surface area contributed by atoms with E-state index in [1.165, 1.54) is 19.3 Å². The molecule has 4 nitrogen and oxygen atoms in total. The van der Waals surface area contributed by atoms with Crippen LogP contribution >= 0.6 is 11.3 Å². The highest BCUT2D eigenvalue weighted by Gasteiger charge is 2.30. The summed E-state index contributed by atoms with van der Waals surface area (Å²) in [5.41, 5.74) is 0.772. The lowest BCUT2D eigenvalue weighted by Gasteiger charge is -2.34. The first kappa shape index (κ1) is 16.5. The van der Waals surface area contributed by atoms with Crippen molar-refractivity contribution in [1.29, 1.82) is 0 Å². The zero-order chi connectivity index (χ0) is 16.2. The van der Waals surface area contributed by atoms with Gasteiger partial charge in [-0.05, 0) is 43.0 Å². The van der Waals surface area contributed by atoms with Gasteiger partial charge in [-0.15, -0.1) is 0 Å². The molecule has 0 spiro atoms. The molecule has 1 aliphatic heterocycles. The van der Waals surface area contributed by atoms with E-state index in [0.29, 0.717) is 25.0 Å². The Morgan fingerprint density at radius 3 is 2.57 bits per heavy atom. The van der Waals surface area contributed by atoms with E-state index in [-0.39, 0.29) is 17.7 Å². The van der Waals surface area contributed by atoms with Crippen molar-refractivity contribution in [3.05, 3.63) is 22.4 Å². The standard InChI is InChI=1S/C18H26N2O2S/c1-13-4-2-3-5-16(13)19-17(21)14-6-9-20(10-7-14)18(22)15-8-11-23-12-15/h8,11-14,16H,2-7,9-10H2,1H3,(H,19,21)/t13-,16+/m1/s1. The predicted molar refractivity (Wildman–Crippen MR) is 92.5 cm³/mol. The largest absolute Gasteiger partial charge is 0.353 e. The van der Waals surface area contributed by atoms with Crippen molar-refractivity contribution in [2.75, 3.05) is 13.1 Å². The number of thiophene rings is 1. The van der Waals surface area contributed by atoms with Gasteiger partial charge in [0, 0.05) is 30.4 Å². The average molecular weight is 334 g/mol. The van der Waals surface area contributed by atoms with Gasteiger partial charge in [0.25, 0.3) is 5.91 Å². The number of nitrogens with one attached hydrogen (secondary N) is 1. The molecule has 0 unspecified atom stereocenters. The minimum absolute atomic E-state index is 0.0654. The Kier molecular flexibility index (Phi) is 5.36. The molecule has 2 heterocycles. The molecular formula is C18H26N2O2S. The molecule has 1 aromatic heterocycles. The van der Waals surface area contributed by atoms with Gasteiger partial charge < -0.3 is 10.2 Å². The van der Waals surface area contributed by atoms with E-state index in [4.69, 9.17) is 0 Å². The number of amides is 2. The second-order valence-electron chi connectivity index (χ2n) is 6.96. The number of nitrogens with zero attached hydrogens (tertiary/aromatic N) is 1. The van der Waals surface area contributed by atoms with Gasteiger partial charge in [0.1, 0.15) is 0 Å². The zero-order valence-corrected chi connectivity index (χ0v) is 14.6. The predicted octanol–water partition coefficient (Wildman–Crippen LogP) is 3.30. The summed E-state index contributed by atoms with van der Waals surface area (Å²) >= 11 is 1.55. The Morgan fingerprint density at radius 2 is 1.91 bits per heavy atom. The zero-order valence-electron chi connectivity index (χ0n) is 13.8. The van der Waals surface area contributed by atoms with Crippen LogP contribution in [0.3, 0.4) is 0 Å². The number of piperidine rings is 1. The molecule has 2 aliphatic rings. The first-order valence-corrected chi connectivity index (χ1v) is 9.71. The van der Waals surface area contributed by atoms with E-state index < -0.39 is 0 Å². The maximum absolute atomic E-state index is 12.5. The molecule has 1 N–H and O–H groups in total. The molecule has 2 fully saturated rings.